The van der Waals surface area contributed by atoms with Gasteiger partial charge in [0.1, 0.15) is 10.5 Å². The molecule has 1 saturated carbocycles. The van der Waals surface area contributed by atoms with Crippen molar-refractivity contribution >= 4 is 17.9 Å². The van der Waals surface area contributed by atoms with E-state index in [0.29, 0.717) is 21.9 Å². The summed E-state index contributed by atoms with van der Waals surface area (Å²) in [6.07, 6.45) is 2.31. The summed E-state index contributed by atoms with van der Waals surface area (Å²) in [4.78, 5) is 17.9. The summed E-state index contributed by atoms with van der Waals surface area (Å²) >= 11 is 5.15. The molecule has 0 bridgehead atoms. The zero-order valence-corrected chi connectivity index (χ0v) is 10.8. The quantitative estimate of drug-likeness (QED) is 0.527. The number of nitrogens with zero attached hydrogens (tertiary/aromatic N) is 2. The maximum Gasteiger partial charge on any atom is 0.270 e. The highest BCUT2D eigenvalue weighted by Gasteiger charge is 2.25. The van der Waals surface area contributed by atoms with Crippen molar-refractivity contribution in [2.24, 2.45) is 0 Å². The van der Waals surface area contributed by atoms with Gasteiger partial charge in [-0.2, -0.15) is 0 Å². The minimum atomic E-state index is -0.414. The Labute approximate surface area is 114 Å². The molecule has 96 valence electrons. The van der Waals surface area contributed by atoms with Gasteiger partial charge in [-0.1, -0.05) is 24.4 Å². The van der Waals surface area contributed by atoms with Crippen LogP contribution in [-0.2, 0) is 0 Å². The molecule has 0 spiro atoms. The van der Waals surface area contributed by atoms with Gasteiger partial charge >= 0.3 is 0 Å². The number of nitro benzene ring substituents is 1. The number of nitrogens with one attached hydrogen (secondary N) is 1. The molecule has 1 heterocycles. The summed E-state index contributed by atoms with van der Waals surface area (Å²) in [6.45, 7) is 0. The third-order valence-electron chi connectivity index (χ3n) is 3.11. The van der Waals surface area contributed by atoms with Crippen molar-refractivity contribution in [2.45, 2.75) is 18.8 Å². The molecule has 1 aliphatic carbocycles. The molecule has 1 N–H and O–H groups in total. The number of rotatable bonds is 3. The second-order valence-electron chi connectivity index (χ2n) is 4.61. The van der Waals surface area contributed by atoms with E-state index in [4.69, 9.17) is 12.2 Å². The Morgan fingerprint density at radius 1 is 1.37 bits per heavy atom. The summed E-state index contributed by atoms with van der Waals surface area (Å²) in [7, 11) is 0. The molecule has 19 heavy (non-hydrogen) atoms. The van der Waals surface area contributed by atoms with Crippen molar-refractivity contribution in [1.82, 2.24) is 9.97 Å². The molecule has 2 aromatic rings. The number of hydrogen-bond acceptors (Lipinski definition) is 4. The zero-order valence-electron chi connectivity index (χ0n) is 10.00. The van der Waals surface area contributed by atoms with Crippen LogP contribution >= 0.6 is 12.2 Å². The van der Waals surface area contributed by atoms with E-state index < -0.39 is 4.92 Å². The fraction of sp³-hybridized carbons (Fsp3) is 0.231. The lowest BCUT2D eigenvalue weighted by Crippen LogP contribution is -1.95. The van der Waals surface area contributed by atoms with Crippen LogP contribution in [0.2, 0.25) is 0 Å². The standard InChI is InChI=1S/C13H11N3O2S/c17-16(18)10-3-1-2-9(6-10)13-14-11(8-4-5-8)7-12(19)15-13/h1-3,6-8H,4-5H2,(H,14,15,19). The van der Waals surface area contributed by atoms with E-state index in [1.165, 1.54) is 12.1 Å². The van der Waals surface area contributed by atoms with Crippen LogP contribution in [0.1, 0.15) is 24.5 Å². The Morgan fingerprint density at radius 2 is 2.16 bits per heavy atom. The van der Waals surface area contributed by atoms with Crippen molar-refractivity contribution in [3.63, 3.8) is 0 Å². The van der Waals surface area contributed by atoms with Crippen LogP contribution in [-0.4, -0.2) is 14.9 Å². The highest BCUT2D eigenvalue weighted by Crippen LogP contribution is 2.39. The second kappa shape index (κ2) is 4.55. The Balaban J connectivity index is 2.08. The van der Waals surface area contributed by atoms with Crippen molar-refractivity contribution in [2.75, 3.05) is 0 Å². The lowest BCUT2D eigenvalue weighted by molar-refractivity contribution is -0.384. The van der Waals surface area contributed by atoms with Crippen LogP contribution in [0.5, 0.6) is 0 Å². The Morgan fingerprint density at radius 3 is 2.84 bits per heavy atom. The molecule has 5 nitrogen and oxygen atoms in total. The number of aromatic amines is 1. The molecule has 1 fully saturated rings. The lowest BCUT2D eigenvalue weighted by atomic mass is 10.2. The first-order chi connectivity index (χ1) is 9.13. The van der Waals surface area contributed by atoms with Crippen LogP contribution in [0.25, 0.3) is 11.4 Å². The third-order valence-corrected chi connectivity index (χ3v) is 3.32. The predicted molar refractivity (Wildman–Crippen MR) is 73.5 cm³/mol. The molecule has 0 atom stereocenters. The highest BCUT2D eigenvalue weighted by molar-refractivity contribution is 7.71. The van der Waals surface area contributed by atoms with Crippen LogP contribution in [0, 0.1) is 14.8 Å². The summed E-state index contributed by atoms with van der Waals surface area (Å²) in [6, 6.07) is 8.27. The van der Waals surface area contributed by atoms with E-state index in [2.05, 4.69) is 9.97 Å². The number of non-ortho nitro benzene ring substituents is 1. The first-order valence-corrected chi connectivity index (χ1v) is 6.40. The summed E-state index contributed by atoms with van der Waals surface area (Å²) < 4.78 is 0.516. The van der Waals surface area contributed by atoms with Gasteiger partial charge in [-0.25, -0.2) is 4.98 Å². The third kappa shape index (κ3) is 2.53. The number of benzene rings is 1. The molecule has 0 amide bonds. The van der Waals surface area contributed by atoms with Gasteiger partial charge in [0, 0.05) is 23.4 Å². The number of hydrogen-bond donors (Lipinski definition) is 1. The van der Waals surface area contributed by atoms with Gasteiger partial charge in [0.15, 0.2) is 0 Å². The van der Waals surface area contributed by atoms with E-state index >= 15 is 0 Å². The van der Waals surface area contributed by atoms with Crippen molar-refractivity contribution in [3.8, 4) is 11.4 Å². The number of aromatic nitrogens is 2. The molecule has 1 aromatic heterocycles. The fourth-order valence-corrected chi connectivity index (χ4v) is 2.21. The molecule has 0 aliphatic heterocycles. The Hall–Kier alpha value is -2.08. The fourth-order valence-electron chi connectivity index (χ4n) is 1.99. The van der Waals surface area contributed by atoms with Crippen LogP contribution in [0.4, 0.5) is 5.69 Å². The van der Waals surface area contributed by atoms with Gasteiger partial charge in [0.25, 0.3) is 5.69 Å². The van der Waals surface area contributed by atoms with E-state index in [-0.39, 0.29) is 5.69 Å². The minimum absolute atomic E-state index is 0.0513. The average Bonchev–Trinajstić information content (AvgIpc) is 3.22. The van der Waals surface area contributed by atoms with Gasteiger partial charge in [0.2, 0.25) is 0 Å². The zero-order chi connectivity index (χ0) is 13.4. The first-order valence-electron chi connectivity index (χ1n) is 5.99. The molecule has 6 heteroatoms. The largest absolute Gasteiger partial charge is 0.343 e. The molecule has 0 saturated heterocycles. The maximum absolute atomic E-state index is 10.8. The molecule has 0 unspecified atom stereocenters. The topological polar surface area (TPSA) is 71.8 Å². The van der Waals surface area contributed by atoms with E-state index in [0.717, 1.165) is 18.5 Å². The Bertz CT molecular complexity index is 707. The smallest absolute Gasteiger partial charge is 0.270 e. The normalized spacial score (nSPS) is 14.3. The number of nitro groups is 1. The average molecular weight is 273 g/mol. The molecule has 1 aromatic carbocycles. The lowest BCUT2D eigenvalue weighted by Gasteiger charge is -2.05. The molecule has 1 aliphatic rings. The van der Waals surface area contributed by atoms with Crippen molar-refractivity contribution in [3.05, 3.63) is 50.8 Å². The van der Waals surface area contributed by atoms with E-state index in [9.17, 15) is 10.1 Å². The number of H-pyrrole nitrogens is 1. The van der Waals surface area contributed by atoms with Crippen LogP contribution in [0.3, 0.4) is 0 Å². The van der Waals surface area contributed by atoms with Gasteiger partial charge in [-0.05, 0) is 24.8 Å². The molecular weight excluding hydrogens is 262 g/mol. The monoisotopic (exact) mass is 273 g/mol. The van der Waals surface area contributed by atoms with E-state index in [1.54, 1.807) is 12.1 Å². The molecular formula is C13H11N3O2S. The second-order valence-corrected chi connectivity index (χ2v) is 5.02. The predicted octanol–water partition coefficient (Wildman–Crippen LogP) is 3.59. The molecule has 0 radical (unpaired) electrons. The van der Waals surface area contributed by atoms with Gasteiger partial charge in [0.05, 0.1) is 4.92 Å². The Kier molecular flexibility index (Phi) is 2.87. The van der Waals surface area contributed by atoms with Crippen LogP contribution < -0.4 is 0 Å². The van der Waals surface area contributed by atoms with Crippen molar-refractivity contribution < 1.29 is 4.92 Å². The van der Waals surface area contributed by atoms with E-state index in [1.807, 2.05) is 6.07 Å². The van der Waals surface area contributed by atoms with Crippen molar-refractivity contribution in [1.29, 1.82) is 0 Å². The van der Waals surface area contributed by atoms with Gasteiger partial charge < -0.3 is 4.98 Å². The highest BCUT2D eigenvalue weighted by atomic mass is 32.1. The summed E-state index contributed by atoms with van der Waals surface area (Å²) in [5.74, 6) is 1.13. The minimum Gasteiger partial charge on any atom is -0.343 e. The van der Waals surface area contributed by atoms with Gasteiger partial charge in [-0.3, -0.25) is 10.1 Å². The summed E-state index contributed by atoms with van der Waals surface area (Å²) in [5, 5.41) is 10.8. The maximum atomic E-state index is 10.8. The SMILES string of the molecule is O=[N+]([O-])c1cccc(-c2nc(=S)cc(C3CC3)[nH]2)c1. The first kappa shape index (κ1) is 12.0. The molecule has 3 rings (SSSR count). The van der Waals surface area contributed by atoms with Gasteiger partial charge in [-0.15, -0.1) is 0 Å². The van der Waals surface area contributed by atoms with Crippen LogP contribution in [0.15, 0.2) is 30.3 Å². The summed E-state index contributed by atoms with van der Waals surface area (Å²) in [5.41, 5.74) is 1.81.